The number of hydrogen-bond donors (Lipinski definition) is 2. The van der Waals surface area contributed by atoms with E-state index in [9.17, 15) is 13.2 Å². The predicted molar refractivity (Wildman–Crippen MR) is 99.9 cm³/mol. The minimum atomic E-state index is -3.12. The van der Waals surface area contributed by atoms with Gasteiger partial charge in [-0.15, -0.1) is 0 Å². The van der Waals surface area contributed by atoms with Crippen molar-refractivity contribution >= 4 is 16.1 Å². The Hall–Kier alpha value is -1.60. The molecule has 0 bridgehead atoms. The highest BCUT2D eigenvalue weighted by atomic mass is 32.2. The summed E-state index contributed by atoms with van der Waals surface area (Å²) >= 11 is 0. The van der Waals surface area contributed by atoms with Crippen LogP contribution < -0.4 is 10.6 Å². The molecule has 0 unspecified atom stereocenters. The number of carbonyl (C=O) groups is 1. The molecule has 1 fully saturated rings. The van der Waals surface area contributed by atoms with E-state index in [1.165, 1.54) is 9.87 Å². The molecule has 2 N–H and O–H groups in total. The van der Waals surface area contributed by atoms with E-state index >= 15 is 0 Å². The van der Waals surface area contributed by atoms with Gasteiger partial charge in [0.1, 0.15) is 0 Å². The molecule has 0 aromatic heterocycles. The maximum Gasteiger partial charge on any atom is 0.315 e. The first kappa shape index (κ1) is 19.7. The van der Waals surface area contributed by atoms with Gasteiger partial charge in [0, 0.05) is 25.2 Å². The van der Waals surface area contributed by atoms with Crippen molar-refractivity contribution in [3.05, 3.63) is 35.9 Å². The predicted octanol–water partition coefficient (Wildman–Crippen LogP) is 2.12. The molecular weight excluding hydrogens is 338 g/mol. The van der Waals surface area contributed by atoms with Crippen LogP contribution in [-0.2, 0) is 16.4 Å². The van der Waals surface area contributed by atoms with Gasteiger partial charge in [-0.25, -0.2) is 17.5 Å². The second-order valence-electron chi connectivity index (χ2n) is 6.62. The maximum atomic E-state index is 12.1. The summed E-state index contributed by atoms with van der Waals surface area (Å²) in [5, 5.41) is 5.93. The highest BCUT2D eigenvalue weighted by Crippen LogP contribution is 2.14. The molecule has 1 atom stereocenters. The van der Waals surface area contributed by atoms with Crippen molar-refractivity contribution < 1.29 is 13.2 Å². The van der Waals surface area contributed by atoms with Crippen LogP contribution in [0.25, 0.3) is 0 Å². The zero-order valence-corrected chi connectivity index (χ0v) is 15.9. The summed E-state index contributed by atoms with van der Waals surface area (Å²) in [6, 6.07) is 10.2. The van der Waals surface area contributed by atoms with Crippen molar-refractivity contribution in [1.82, 2.24) is 14.9 Å². The summed E-state index contributed by atoms with van der Waals surface area (Å²) < 4.78 is 25.2. The molecule has 6 nitrogen and oxygen atoms in total. The molecule has 1 saturated heterocycles. The van der Waals surface area contributed by atoms with Crippen molar-refractivity contribution in [2.24, 2.45) is 0 Å². The van der Waals surface area contributed by atoms with Gasteiger partial charge in [-0.3, -0.25) is 0 Å². The lowest BCUT2D eigenvalue weighted by Crippen LogP contribution is -2.50. The van der Waals surface area contributed by atoms with E-state index in [2.05, 4.69) is 22.8 Å². The minimum Gasteiger partial charge on any atom is -0.336 e. The van der Waals surface area contributed by atoms with Crippen LogP contribution in [0.3, 0.4) is 0 Å². The zero-order valence-electron chi connectivity index (χ0n) is 15.1. The summed E-state index contributed by atoms with van der Waals surface area (Å²) in [4.78, 5) is 12.1. The van der Waals surface area contributed by atoms with Crippen LogP contribution in [0.2, 0.25) is 0 Å². The van der Waals surface area contributed by atoms with E-state index in [1.54, 1.807) is 6.92 Å². The highest BCUT2D eigenvalue weighted by molar-refractivity contribution is 7.89. The Labute approximate surface area is 151 Å². The van der Waals surface area contributed by atoms with Gasteiger partial charge in [0.15, 0.2) is 0 Å². The van der Waals surface area contributed by atoms with Crippen molar-refractivity contribution in [2.75, 3.05) is 18.8 Å². The molecule has 1 aromatic rings. The number of sulfonamides is 1. The third-order valence-corrected chi connectivity index (χ3v) is 6.52. The first-order valence-electron chi connectivity index (χ1n) is 8.99. The average Bonchev–Trinajstić information content (AvgIpc) is 2.61. The Morgan fingerprint density at radius 2 is 1.88 bits per heavy atom. The lowest BCUT2D eigenvalue weighted by atomic mass is 10.1. The normalized spacial score (nSPS) is 17.8. The Morgan fingerprint density at radius 3 is 2.48 bits per heavy atom. The molecule has 7 heteroatoms. The summed E-state index contributed by atoms with van der Waals surface area (Å²) in [6.07, 6.45) is 3.12. The molecule has 0 radical (unpaired) electrons. The number of carbonyl (C=O) groups excluding carboxylic acids is 1. The third-order valence-electron chi connectivity index (χ3n) is 4.63. The SMILES string of the molecule is CCS(=O)(=O)N1CCC(NC(=O)N[C@H](C)CCc2ccccc2)CC1. The second-order valence-corrected chi connectivity index (χ2v) is 8.87. The number of piperidine rings is 1. The summed E-state index contributed by atoms with van der Waals surface area (Å²) in [7, 11) is -3.12. The Morgan fingerprint density at radius 1 is 1.24 bits per heavy atom. The van der Waals surface area contributed by atoms with E-state index in [-0.39, 0.29) is 23.9 Å². The Kier molecular flexibility index (Phi) is 7.25. The molecule has 2 amide bonds. The van der Waals surface area contributed by atoms with Crippen molar-refractivity contribution in [2.45, 2.75) is 51.6 Å². The first-order valence-corrected chi connectivity index (χ1v) is 10.6. The number of benzene rings is 1. The van der Waals surface area contributed by atoms with Gasteiger partial charge in [-0.2, -0.15) is 0 Å². The molecule has 0 saturated carbocycles. The maximum absolute atomic E-state index is 12.1. The average molecular weight is 368 g/mol. The van der Waals surface area contributed by atoms with Crippen molar-refractivity contribution in [3.8, 4) is 0 Å². The Balaban J connectivity index is 1.68. The number of urea groups is 1. The van der Waals surface area contributed by atoms with Crippen LogP contribution >= 0.6 is 0 Å². The van der Waals surface area contributed by atoms with Crippen LogP contribution in [0, 0.1) is 0 Å². The van der Waals surface area contributed by atoms with Crippen molar-refractivity contribution in [3.63, 3.8) is 0 Å². The molecule has 1 aliphatic heterocycles. The van der Waals surface area contributed by atoms with Gasteiger partial charge in [-0.1, -0.05) is 30.3 Å². The van der Waals surface area contributed by atoms with E-state index in [4.69, 9.17) is 0 Å². The molecule has 1 aliphatic rings. The third kappa shape index (κ3) is 6.32. The van der Waals surface area contributed by atoms with Crippen molar-refractivity contribution in [1.29, 1.82) is 0 Å². The van der Waals surface area contributed by atoms with Crippen LogP contribution in [0.5, 0.6) is 0 Å². The number of nitrogens with zero attached hydrogens (tertiary/aromatic N) is 1. The van der Waals surface area contributed by atoms with Crippen LogP contribution in [0.4, 0.5) is 4.79 Å². The topological polar surface area (TPSA) is 78.5 Å². The number of nitrogens with one attached hydrogen (secondary N) is 2. The number of hydrogen-bond acceptors (Lipinski definition) is 3. The monoisotopic (exact) mass is 367 g/mol. The molecule has 2 rings (SSSR count). The van der Waals surface area contributed by atoms with E-state index in [0.29, 0.717) is 25.9 Å². The van der Waals surface area contributed by atoms with Gasteiger partial charge < -0.3 is 10.6 Å². The fourth-order valence-electron chi connectivity index (χ4n) is 3.01. The fraction of sp³-hybridized carbons (Fsp3) is 0.611. The van der Waals surface area contributed by atoms with Gasteiger partial charge >= 0.3 is 6.03 Å². The smallest absolute Gasteiger partial charge is 0.315 e. The molecule has 0 spiro atoms. The van der Waals surface area contributed by atoms with E-state index in [0.717, 1.165) is 12.8 Å². The van der Waals surface area contributed by atoms with Gasteiger partial charge in [0.05, 0.1) is 5.75 Å². The first-order chi connectivity index (χ1) is 11.9. The molecule has 1 heterocycles. The molecule has 0 aliphatic carbocycles. The lowest BCUT2D eigenvalue weighted by Gasteiger charge is -2.31. The Bertz CT molecular complexity index is 641. The number of aryl methyl sites for hydroxylation is 1. The minimum absolute atomic E-state index is 0.0321. The van der Waals surface area contributed by atoms with E-state index < -0.39 is 10.0 Å². The second kappa shape index (κ2) is 9.20. The largest absolute Gasteiger partial charge is 0.336 e. The highest BCUT2D eigenvalue weighted by Gasteiger charge is 2.27. The summed E-state index contributed by atoms with van der Waals surface area (Å²) in [6.45, 7) is 4.61. The quantitative estimate of drug-likeness (QED) is 0.775. The van der Waals surface area contributed by atoms with Crippen LogP contribution in [0.1, 0.15) is 38.7 Å². The standard InChI is InChI=1S/C18H29N3O3S/c1-3-25(23,24)21-13-11-17(12-14-21)20-18(22)19-15(2)9-10-16-7-5-4-6-8-16/h4-8,15,17H,3,9-14H2,1-2H3,(H2,19,20,22)/t15-/m1/s1. The lowest BCUT2D eigenvalue weighted by molar-refractivity contribution is 0.224. The molecule has 1 aromatic carbocycles. The van der Waals surface area contributed by atoms with Gasteiger partial charge in [0.25, 0.3) is 0 Å². The molecule has 140 valence electrons. The summed E-state index contributed by atoms with van der Waals surface area (Å²) in [5.41, 5.74) is 1.26. The van der Waals surface area contributed by atoms with Gasteiger partial charge in [0.2, 0.25) is 10.0 Å². The van der Waals surface area contributed by atoms with Crippen LogP contribution in [-0.4, -0.2) is 49.7 Å². The number of rotatable bonds is 7. The van der Waals surface area contributed by atoms with E-state index in [1.807, 2.05) is 25.1 Å². The fourth-order valence-corrected chi connectivity index (χ4v) is 4.14. The van der Waals surface area contributed by atoms with Crippen LogP contribution in [0.15, 0.2) is 30.3 Å². The van der Waals surface area contributed by atoms with Gasteiger partial charge in [-0.05, 0) is 45.1 Å². The summed E-state index contributed by atoms with van der Waals surface area (Å²) in [5.74, 6) is 0.129. The number of amides is 2. The molecular formula is C18H29N3O3S. The molecule has 25 heavy (non-hydrogen) atoms. The zero-order chi connectivity index (χ0) is 18.3.